The van der Waals surface area contributed by atoms with E-state index >= 15 is 0 Å². The van der Waals surface area contributed by atoms with Gasteiger partial charge in [0.1, 0.15) is 0 Å². The molecule has 0 aromatic heterocycles. The van der Waals surface area contributed by atoms with E-state index in [1.807, 2.05) is 0 Å². The van der Waals surface area contributed by atoms with Gasteiger partial charge in [-0.05, 0) is 93.2 Å². The second kappa shape index (κ2) is 6.17. The number of hydrogen-bond donors (Lipinski definition) is 1. The van der Waals surface area contributed by atoms with Gasteiger partial charge in [-0.25, -0.2) is 0 Å². The van der Waals surface area contributed by atoms with E-state index in [9.17, 15) is 0 Å². The molecule has 2 N–H and O–H groups in total. The highest BCUT2D eigenvalue weighted by atomic mass is 35.5. The van der Waals surface area contributed by atoms with E-state index in [-0.39, 0.29) is 12.4 Å². The fourth-order valence-electron chi connectivity index (χ4n) is 6.50. The zero-order valence-corrected chi connectivity index (χ0v) is 14.6. The Balaban J connectivity index is 0.00000144. The lowest BCUT2D eigenvalue weighted by Crippen LogP contribution is -2.55. The predicted molar refractivity (Wildman–Crippen MR) is 95.4 cm³/mol. The molecule has 5 rings (SSSR count). The van der Waals surface area contributed by atoms with Crippen LogP contribution in [-0.2, 0) is 5.41 Å². The second-order valence-corrected chi connectivity index (χ2v) is 8.05. The molecule has 4 aliphatic rings. The number of rotatable bonds is 4. The summed E-state index contributed by atoms with van der Waals surface area (Å²) in [6.07, 6.45) is 10.0. The van der Waals surface area contributed by atoms with Crippen LogP contribution in [0.2, 0.25) is 0 Å². The van der Waals surface area contributed by atoms with Crippen molar-refractivity contribution in [2.75, 3.05) is 6.54 Å². The summed E-state index contributed by atoms with van der Waals surface area (Å²) in [5.74, 6) is 3.95. The summed E-state index contributed by atoms with van der Waals surface area (Å²) in [5.41, 5.74) is 9.55. The van der Waals surface area contributed by atoms with Crippen molar-refractivity contribution in [3.8, 4) is 0 Å². The van der Waals surface area contributed by atoms with Gasteiger partial charge in [0.25, 0.3) is 0 Å². The molecule has 4 aliphatic carbocycles. The Labute approximate surface area is 141 Å². The molecule has 0 spiro atoms. The molecule has 0 aliphatic heterocycles. The number of hydrogen-bond acceptors (Lipinski definition) is 1. The van der Waals surface area contributed by atoms with E-state index in [2.05, 4.69) is 31.2 Å². The molecule has 1 aromatic carbocycles. The molecule has 0 radical (unpaired) electrons. The molecule has 1 aromatic rings. The number of nitrogens with two attached hydrogens (primary N) is 1. The first kappa shape index (κ1) is 16.3. The smallest absolute Gasteiger partial charge is 0.00129 e. The first-order valence-electron chi connectivity index (χ1n) is 9.00. The highest BCUT2D eigenvalue weighted by Crippen LogP contribution is 2.64. The highest BCUT2D eigenvalue weighted by molar-refractivity contribution is 5.85. The lowest BCUT2D eigenvalue weighted by molar-refractivity contribution is -0.0658. The van der Waals surface area contributed by atoms with Gasteiger partial charge in [0, 0.05) is 5.41 Å². The van der Waals surface area contributed by atoms with Crippen LogP contribution < -0.4 is 5.73 Å². The van der Waals surface area contributed by atoms with Crippen LogP contribution >= 0.6 is 12.4 Å². The molecule has 4 bridgehead atoms. The Hall–Kier alpha value is -0.530. The summed E-state index contributed by atoms with van der Waals surface area (Å²) in [6.45, 7) is 3.17. The van der Waals surface area contributed by atoms with Crippen molar-refractivity contribution in [3.63, 3.8) is 0 Å². The zero-order valence-electron chi connectivity index (χ0n) is 13.8. The minimum atomic E-state index is 0. The molecule has 0 atom stereocenters. The first-order chi connectivity index (χ1) is 10.2. The molecule has 0 saturated heterocycles. The average molecular weight is 320 g/mol. The SMILES string of the molecule is Cc1ccccc1C1(CCCN)C2CC3CC(C2)CC1C3.Cl. The van der Waals surface area contributed by atoms with Crippen molar-refractivity contribution in [2.24, 2.45) is 29.4 Å². The fourth-order valence-corrected chi connectivity index (χ4v) is 6.50. The Morgan fingerprint density at radius 3 is 2.14 bits per heavy atom. The molecule has 4 fully saturated rings. The standard InChI is InChI=1S/C20H29N.ClH/c1-14-5-2-3-6-19(14)20(7-4-8-21)17-10-15-9-16(12-17)13-18(20)11-15;/h2-3,5-6,15-18H,4,7-13,21H2,1H3;1H. The van der Waals surface area contributed by atoms with Crippen LogP contribution in [0, 0.1) is 30.6 Å². The predicted octanol–water partition coefficient (Wildman–Crippen LogP) is 4.85. The molecular formula is C20H30ClN. The molecule has 1 nitrogen and oxygen atoms in total. The third kappa shape index (κ3) is 2.32. The Bertz CT molecular complexity index is 496. The number of halogens is 1. The first-order valence-corrected chi connectivity index (χ1v) is 9.00. The van der Waals surface area contributed by atoms with Crippen molar-refractivity contribution < 1.29 is 0 Å². The van der Waals surface area contributed by atoms with Gasteiger partial charge in [-0.1, -0.05) is 24.3 Å². The van der Waals surface area contributed by atoms with Crippen molar-refractivity contribution in [3.05, 3.63) is 35.4 Å². The molecule has 22 heavy (non-hydrogen) atoms. The summed E-state index contributed by atoms with van der Waals surface area (Å²) >= 11 is 0. The van der Waals surface area contributed by atoms with Gasteiger partial charge in [0.05, 0.1) is 0 Å². The lowest BCUT2D eigenvalue weighted by Gasteiger charge is -2.62. The topological polar surface area (TPSA) is 26.0 Å². The summed E-state index contributed by atoms with van der Waals surface area (Å²) in [4.78, 5) is 0. The summed E-state index contributed by atoms with van der Waals surface area (Å²) < 4.78 is 0. The third-order valence-electron chi connectivity index (χ3n) is 7.04. The summed E-state index contributed by atoms with van der Waals surface area (Å²) in [6, 6.07) is 9.22. The minimum absolute atomic E-state index is 0. The van der Waals surface area contributed by atoms with E-state index in [0.717, 1.165) is 30.2 Å². The van der Waals surface area contributed by atoms with Crippen molar-refractivity contribution in [1.82, 2.24) is 0 Å². The van der Waals surface area contributed by atoms with Crippen molar-refractivity contribution in [2.45, 2.75) is 57.3 Å². The van der Waals surface area contributed by atoms with Crippen LogP contribution in [-0.4, -0.2) is 6.54 Å². The third-order valence-corrected chi connectivity index (χ3v) is 7.04. The Kier molecular flexibility index (Phi) is 4.58. The minimum Gasteiger partial charge on any atom is -0.330 e. The Morgan fingerprint density at radius 1 is 1.00 bits per heavy atom. The maximum absolute atomic E-state index is 5.91. The maximum Gasteiger partial charge on any atom is 0.00129 e. The average Bonchev–Trinajstić information content (AvgIpc) is 2.48. The maximum atomic E-state index is 5.91. The van der Waals surface area contributed by atoms with Gasteiger partial charge in [-0.15, -0.1) is 12.4 Å². The normalized spacial score (nSPS) is 38.8. The van der Waals surface area contributed by atoms with E-state index in [1.165, 1.54) is 50.5 Å². The fraction of sp³-hybridized carbons (Fsp3) is 0.700. The van der Waals surface area contributed by atoms with Gasteiger partial charge < -0.3 is 5.73 Å². The van der Waals surface area contributed by atoms with E-state index in [4.69, 9.17) is 5.73 Å². The van der Waals surface area contributed by atoms with Crippen LogP contribution in [0.25, 0.3) is 0 Å². The van der Waals surface area contributed by atoms with Gasteiger partial charge >= 0.3 is 0 Å². The quantitative estimate of drug-likeness (QED) is 0.843. The lowest BCUT2D eigenvalue weighted by atomic mass is 9.42. The summed E-state index contributed by atoms with van der Waals surface area (Å²) in [5, 5.41) is 0. The van der Waals surface area contributed by atoms with Gasteiger partial charge in [-0.3, -0.25) is 0 Å². The molecule has 0 unspecified atom stereocenters. The van der Waals surface area contributed by atoms with Gasteiger partial charge in [0.2, 0.25) is 0 Å². The van der Waals surface area contributed by atoms with Crippen molar-refractivity contribution >= 4 is 12.4 Å². The van der Waals surface area contributed by atoms with Gasteiger partial charge in [0.15, 0.2) is 0 Å². The molecule has 122 valence electrons. The Morgan fingerprint density at radius 2 is 1.59 bits per heavy atom. The van der Waals surface area contributed by atoms with Crippen LogP contribution in [0.4, 0.5) is 0 Å². The van der Waals surface area contributed by atoms with Crippen LogP contribution in [0.15, 0.2) is 24.3 Å². The van der Waals surface area contributed by atoms with Crippen LogP contribution in [0.1, 0.15) is 56.1 Å². The van der Waals surface area contributed by atoms with E-state index < -0.39 is 0 Å². The van der Waals surface area contributed by atoms with Crippen LogP contribution in [0.3, 0.4) is 0 Å². The zero-order chi connectivity index (χ0) is 14.4. The van der Waals surface area contributed by atoms with Crippen LogP contribution in [0.5, 0.6) is 0 Å². The van der Waals surface area contributed by atoms with Gasteiger partial charge in [-0.2, -0.15) is 0 Å². The van der Waals surface area contributed by atoms with Crippen molar-refractivity contribution in [1.29, 1.82) is 0 Å². The molecule has 0 amide bonds. The molecular weight excluding hydrogens is 290 g/mol. The number of benzene rings is 1. The molecule has 2 heteroatoms. The second-order valence-electron chi connectivity index (χ2n) is 8.05. The molecule has 0 heterocycles. The van der Waals surface area contributed by atoms with E-state index in [0.29, 0.717) is 5.41 Å². The number of aryl methyl sites for hydroxylation is 1. The van der Waals surface area contributed by atoms with E-state index in [1.54, 1.807) is 5.56 Å². The monoisotopic (exact) mass is 319 g/mol. The highest BCUT2D eigenvalue weighted by Gasteiger charge is 2.57. The molecule has 4 saturated carbocycles. The largest absolute Gasteiger partial charge is 0.330 e. The summed E-state index contributed by atoms with van der Waals surface area (Å²) in [7, 11) is 0.